The molecule has 2 aromatic rings. The molecular formula is C25H31F2N5O2. The van der Waals surface area contributed by atoms with Gasteiger partial charge in [-0.1, -0.05) is 20.4 Å². The van der Waals surface area contributed by atoms with Gasteiger partial charge < -0.3 is 16.4 Å². The highest BCUT2D eigenvalue weighted by molar-refractivity contribution is 6.00. The molecule has 0 unspecified atom stereocenters. The predicted octanol–water partition coefficient (Wildman–Crippen LogP) is 4.52. The quantitative estimate of drug-likeness (QED) is 0.595. The van der Waals surface area contributed by atoms with Crippen molar-refractivity contribution < 1.29 is 18.4 Å². The number of benzene rings is 1. The van der Waals surface area contributed by atoms with Crippen LogP contribution in [-0.4, -0.2) is 33.1 Å². The van der Waals surface area contributed by atoms with E-state index in [1.165, 1.54) is 4.68 Å². The minimum absolute atomic E-state index is 0.0132. The smallest absolute Gasteiger partial charge is 0.282 e. The van der Waals surface area contributed by atoms with E-state index >= 15 is 0 Å². The lowest BCUT2D eigenvalue weighted by molar-refractivity contribution is 0.0896. The highest BCUT2D eigenvalue weighted by Gasteiger charge is 2.39. The summed E-state index contributed by atoms with van der Waals surface area (Å²) in [6, 6.07) is 4.85. The molecule has 0 spiro atoms. The summed E-state index contributed by atoms with van der Waals surface area (Å²) in [5, 5.41) is 10.9. The van der Waals surface area contributed by atoms with Crippen LogP contribution in [0, 0.1) is 5.41 Å². The average molecular weight is 472 g/mol. The molecule has 34 heavy (non-hydrogen) atoms. The van der Waals surface area contributed by atoms with E-state index in [1.807, 2.05) is 13.8 Å². The van der Waals surface area contributed by atoms with Crippen molar-refractivity contribution >= 4 is 17.4 Å². The van der Waals surface area contributed by atoms with Crippen molar-refractivity contribution in [1.82, 2.24) is 15.1 Å². The molecule has 182 valence electrons. The summed E-state index contributed by atoms with van der Waals surface area (Å²) in [6.07, 6.45) is -0.832. The molecule has 0 bridgehead atoms. The van der Waals surface area contributed by atoms with Gasteiger partial charge in [-0.05, 0) is 50.3 Å². The average Bonchev–Trinajstić information content (AvgIpc) is 3.04. The van der Waals surface area contributed by atoms with Gasteiger partial charge in [0.1, 0.15) is 5.69 Å². The van der Waals surface area contributed by atoms with Gasteiger partial charge in [0, 0.05) is 35.8 Å². The Labute approximate surface area is 197 Å². The highest BCUT2D eigenvalue weighted by Crippen LogP contribution is 2.40. The van der Waals surface area contributed by atoms with Crippen molar-refractivity contribution in [3.8, 4) is 5.69 Å². The first-order valence-electron chi connectivity index (χ1n) is 11.4. The van der Waals surface area contributed by atoms with Crippen LogP contribution in [0.5, 0.6) is 0 Å². The number of rotatable bonds is 5. The van der Waals surface area contributed by atoms with Crippen molar-refractivity contribution in [2.75, 3.05) is 5.32 Å². The topological polar surface area (TPSA) is 102 Å². The lowest BCUT2D eigenvalue weighted by atomic mass is 9.75. The molecule has 7 nitrogen and oxygen atoms in total. The van der Waals surface area contributed by atoms with Crippen LogP contribution in [0.3, 0.4) is 0 Å². The van der Waals surface area contributed by atoms with Crippen LogP contribution in [0.25, 0.3) is 5.69 Å². The van der Waals surface area contributed by atoms with E-state index in [0.29, 0.717) is 29.9 Å². The Morgan fingerprint density at radius 3 is 2.62 bits per heavy atom. The van der Waals surface area contributed by atoms with E-state index in [4.69, 9.17) is 5.73 Å². The van der Waals surface area contributed by atoms with Gasteiger partial charge in [0.15, 0.2) is 5.78 Å². The number of aromatic nitrogens is 2. The second-order valence-electron chi connectivity index (χ2n) is 10.8. The lowest BCUT2D eigenvalue weighted by Crippen LogP contribution is -2.48. The molecule has 1 amide bonds. The fourth-order valence-electron chi connectivity index (χ4n) is 5.23. The zero-order chi connectivity index (χ0) is 25.0. The number of fused-ring (bicyclic) bond motifs is 1. The number of hydrogen-bond acceptors (Lipinski definition) is 5. The Morgan fingerprint density at radius 2 is 2.00 bits per heavy atom. The van der Waals surface area contributed by atoms with E-state index in [-0.39, 0.29) is 40.3 Å². The first kappa shape index (κ1) is 23.9. The number of nitrogens with one attached hydrogen (secondary N) is 2. The van der Waals surface area contributed by atoms with Gasteiger partial charge in [-0.3, -0.25) is 9.59 Å². The standard InChI is InChI=1S/C25H31F2N5O2/c1-13-8-14(10-25(4,5)30-13)29-17-9-15(6-7-16(17)23(28)34)32-18-11-24(2,3)12-19(33)20(18)21(31-32)22(26)27/h6-7,9,14,22,29-30H,1,8,10-12H2,2-5H3,(H2,28,34)/t14-/m0/s1. The van der Waals surface area contributed by atoms with Crippen LogP contribution in [0.4, 0.5) is 14.5 Å². The molecule has 1 aliphatic heterocycles. The third-order valence-corrected chi connectivity index (χ3v) is 6.42. The number of primary amides is 1. The summed E-state index contributed by atoms with van der Waals surface area (Å²) in [7, 11) is 0. The number of hydrogen-bond donors (Lipinski definition) is 3. The van der Waals surface area contributed by atoms with E-state index in [0.717, 1.165) is 12.1 Å². The van der Waals surface area contributed by atoms with Gasteiger partial charge in [0.25, 0.3) is 12.3 Å². The maximum Gasteiger partial charge on any atom is 0.282 e. The van der Waals surface area contributed by atoms with Crippen LogP contribution >= 0.6 is 0 Å². The number of halogens is 2. The number of carbonyl (C=O) groups is 2. The monoisotopic (exact) mass is 471 g/mol. The van der Waals surface area contributed by atoms with Gasteiger partial charge in [-0.25, -0.2) is 13.5 Å². The van der Waals surface area contributed by atoms with E-state index in [9.17, 15) is 18.4 Å². The number of Topliss-reactive ketones (excluding diaryl/α,β-unsaturated/α-hetero) is 1. The number of anilines is 1. The number of ketones is 1. The summed E-state index contributed by atoms with van der Waals surface area (Å²) in [5.74, 6) is -0.927. The van der Waals surface area contributed by atoms with Gasteiger partial charge in [0.05, 0.1) is 22.5 Å². The molecule has 1 fully saturated rings. The van der Waals surface area contributed by atoms with Crippen LogP contribution in [0.1, 0.15) is 85.5 Å². The number of nitrogens with zero attached hydrogens (tertiary/aromatic N) is 2. The Hall–Kier alpha value is -3.23. The van der Waals surface area contributed by atoms with Gasteiger partial charge in [0.2, 0.25) is 0 Å². The Balaban J connectivity index is 1.80. The third-order valence-electron chi connectivity index (χ3n) is 6.42. The van der Waals surface area contributed by atoms with Crippen molar-refractivity contribution in [3.05, 3.63) is 53.0 Å². The number of carbonyl (C=O) groups excluding carboxylic acids is 2. The largest absolute Gasteiger partial charge is 0.384 e. The van der Waals surface area contributed by atoms with Crippen molar-refractivity contribution in [1.29, 1.82) is 0 Å². The number of piperidine rings is 1. The zero-order valence-corrected chi connectivity index (χ0v) is 20.0. The normalized spacial score (nSPS) is 21.2. The zero-order valence-electron chi connectivity index (χ0n) is 20.0. The van der Waals surface area contributed by atoms with Crippen molar-refractivity contribution in [3.63, 3.8) is 0 Å². The fraction of sp³-hybridized carbons (Fsp3) is 0.480. The molecule has 1 aromatic heterocycles. The van der Waals surface area contributed by atoms with E-state index in [1.54, 1.807) is 18.2 Å². The molecule has 0 radical (unpaired) electrons. The lowest BCUT2D eigenvalue weighted by Gasteiger charge is -2.39. The third kappa shape index (κ3) is 4.56. The minimum Gasteiger partial charge on any atom is -0.384 e. The molecule has 4 rings (SSSR count). The Bertz CT molecular complexity index is 1180. The molecular weight excluding hydrogens is 440 g/mol. The highest BCUT2D eigenvalue weighted by atomic mass is 19.3. The van der Waals surface area contributed by atoms with Gasteiger partial charge in [-0.2, -0.15) is 5.10 Å². The number of alkyl halides is 2. The molecule has 1 aliphatic carbocycles. The molecule has 9 heteroatoms. The Kier molecular flexibility index (Phi) is 5.78. The van der Waals surface area contributed by atoms with Crippen LogP contribution in [0.2, 0.25) is 0 Å². The molecule has 1 aromatic carbocycles. The predicted molar refractivity (Wildman–Crippen MR) is 126 cm³/mol. The molecule has 1 saturated heterocycles. The Morgan fingerprint density at radius 1 is 1.29 bits per heavy atom. The van der Waals surface area contributed by atoms with Crippen molar-refractivity contribution in [2.45, 2.75) is 71.4 Å². The number of amides is 1. The number of nitrogens with two attached hydrogens (primary N) is 1. The molecule has 2 heterocycles. The molecule has 4 N–H and O–H groups in total. The first-order valence-corrected chi connectivity index (χ1v) is 11.4. The maximum atomic E-state index is 13.8. The molecule has 0 saturated carbocycles. The maximum absolute atomic E-state index is 13.8. The van der Waals surface area contributed by atoms with Gasteiger partial charge in [-0.15, -0.1) is 0 Å². The van der Waals surface area contributed by atoms with Crippen LogP contribution in [-0.2, 0) is 6.42 Å². The summed E-state index contributed by atoms with van der Waals surface area (Å²) < 4.78 is 29.0. The molecule has 1 atom stereocenters. The summed E-state index contributed by atoms with van der Waals surface area (Å²) in [4.78, 5) is 24.9. The second kappa shape index (κ2) is 8.21. The molecule has 2 aliphatic rings. The van der Waals surface area contributed by atoms with Crippen LogP contribution < -0.4 is 16.4 Å². The SMILES string of the molecule is C=C1C[C@H](Nc2cc(-n3nc(C(F)F)c4c3CC(C)(C)CC4=O)ccc2C(N)=O)CC(C)(C)N1. The van der Waals surface area contributed by atoms with E-state index in [2.05, 4.69) is 36.2 Å². The second-order valence-corrected chi connectivity index (χ2v) is 10.8. The summed E-state index contributed by atoms with van der Waals surface area (Å²) in [5.41, 5.74) is 7.18. The fourth-order valence-corrected chi connectivity index (χ4v) is 5.23. The summed E-state index contributed by atoms with van der Waals surface area (Å²) in [6.45, 7) is 12.1. The van der Waals surface area contributed by atoms with Gasteiger partial charge >= 0.3 is 0 Å². The summed E-state index contributed by atoms with van der Waals surface area (Å²) >= 11 is 0. The minimum atomic E-state index is -2.87. The van der Waals surface area contributed by atoms with E-state index < -0.39 is 18.0 Å². The van der Waals surface area contributed by atoms with Crippen LogP contribution in [0.15, 0.2) is 30.5 Å². The van der Waals surface area contributed by atoms with Crippen molar-refractivity contribution in [2.24, 2.45) is 11.1 Å². The first-order chi connectivity index (χ1) is 15.8.